The average molecular weight is 300 g/mol. The highest BCUT2D eigenvalue weighted by Crippen LogP contribution is 2.38. The first kappa shape index (κ1) is 14.6. The second kappa shape index (κ2) is 5.81. The summed E-state index contributed by atoms with van der Waals surface area (Å²) in [5.41, 5.74) is 3.24. The number of fused-ring (bicyclic) bond motifs is 3. The molecule has 2 aromatic rings. The van der Waals surface area contributed by atoms with Gasteiger partial charge >= 0.3 is 0 Å². The van der Waals surface area contributed by atoms with Crippen molar-refractivity contribution in [3.63, 3.8) is 0 Å². The first-order valence-corrected chi connectivity index (χ1v) is 7.29. The van der Waals surface area contributed by atoms with Crippen LogP contribution in [0.1, 0.15) is 16.1 Å². The molecule has 6 heteroatoms. The van der Waals surface area contributed by atoms with Crippen LogP contribution < -0.4 is 10.1 Å². The molecule has 22 heavy (non-hydrogen) atoms. The summed E-state index contributed by atoms with van der Waals surface area (Å²) in [7, 11) is 5.80. The number of para-hydroxylation sites is 1. The fourth-order valence-electron chi connectivity index (χ4n) is 2.64. The maximum atomic E-state index is 12.4. The number of carbonyl (C=O) groups excluding carboxylic acids is 1. The highest BCUT2D eigenvalue weighted by atomic mass is 16.5. The lowest BCUT2D eigenvalue weighted by Crippen LogP contribution is -2.32. The Kier molecular flexibility index (Phi) is 3.85. The number of rotatable bonds is 4. The van der Waals surface area contributed by atoms with E-state index in [9.17, 15) is 4.79 Å². The Hall–Kier alpha value is -2.34. The number of benzene rings is 1. The third-order valence-electron chi connectivity index (χ3n) is 3.72. The first-order valence-electron chi connectivity index (χ1n) is 7.29. The number of nitrogens with zero attached hydrogens (tertiary/aromatic N) is 3. The van der Waals surface area contributed by atoms with Gasteiger partial charge in [0.05, 0.1) is 5.69 Å². The van der Waals surface area contributed by atoms with Crippen LogP contribution in [0, 0.1) is 0 Å². The highest BCUT2D eigenvalue weighted by Gasteiger charge is 2.27. The summed E-state index contributed by atoms with van der Waals surface area (Å²) in [6.45, 7) is 1.76. The monoisotopic (exact) mass is 300 g/mol. The maximum absolute atomic E-state index is 12.4. The smallest absolute Gasteiger partial charge is 0.272 e. The highest BCUT2D eigenvalue weighted by molar-refractivity contribution is 5.96. The minimum atomic E-state index is -0.151. The van der Waals surface area contributed by atoms with E-state index in [2.05, 4.69) is 10.4 Å². The quantitative estimate of drug-likeness (QED) is 0.924. The van der Waals surface area contributed by atoms with Crippen LogP contribution in [0.15, 0.2) is 24.3 Å². The van der Waals surface area contributed by atoms with Crippen LogP contribution in [0.25, 0.3) is 11.3 Å². The molecule has 0 saturated heterocycles. The Labute approximate surface area is 129 Å². The standard InChI is InChI=1S/C16H20N4O2/c1-19(2)9-8-17-16(21)14-12-10-22-13-7-5-4-6-11(13)15(12)20(3)18-14/h4-7H,8-10H2,1-3H3,(H,17,21). The minimum absolute atomic E-state index is 0.151. The number of likely N-dealkylation sites (N-methyl/N-ethyl adjacent to an activating group) is 1. The molecule has 0 radical (unpaired) electrons. The number of nitrogens with one attached hydrogen (secondary N) is 1. The van der Waals surface area contributed by atoms with Crippen molar-refractivity contribution in [3.8, 4) is 17.0 Å². The molecule has 6 nitrogen and oxygen atoms in total. The van der Waals surface area contributed by atoms with E-state index in [4.69, 9.17) is 4.74 Å². The van der Waals surface area contributed by atoms with Crippen LogP contribution in [0.3, 0.4) is 0 Å². The van der Waals surface area contributed by atoms with E-state index in [1.807, 2.05) is 50.3 Å². The number of hydrogen-bond donors (Lipinski definition) is 1. The third-order valence-corrected chi connectivity index (χ3v) is 3.72. The van der Waals surface area contributed by atoms with Crippen LogP contribution >= 0.6 is 0 Å². The first-order chi connectivity index (χ1) is 10.6. The van der Waals surface area contributed by atoms with Crippen LogP contribution in [0.2, 0.25) is 0 Å². The molecule has 3 rings (SSSR count). The predicted molar refractivity (Wildman–Crippen MR) is 83.9 cm³/mol. The fraction of sp³-hybridized carbons (Fsp3) is 0.375. The van der Waals surface area contributed by atoms with E-state index in [-0.39, 0.29) is 5.91 Å². The van der Waals surface area contributed by atoms with E-state index in [0.717, 1.165) is 29.1 Å². The summed E-state index contributed by atoms with van der Waals surface area (Å²) in [6.07, 6.45) is 0. The summed E-state index contributed by atoms with van der Waals surface area (Å²) in [6, 6.07) is 7.82. The lowest BCUT2D eigenvalue weighted by molar-refractivity contribution is 0.0943. The molecule has 0 unspecified atom stereocenters. The SMILES string of the molecule is CN(C)CCNC(=O)c1nn(C)c2c1COc1ccccc1-2. The summed E-state index contributed by atoms with van der Waals surface area (Å²) in [5, 5.41) is 7.31. The molecule has 0 spiro atoms. The van der Waals surface area contributed by atoms with Gasteiger partial charge in [-0.05, 0) is 26.2 Å². The molecule has 0 fully saturated rings. The molecule has 0 bridgehead atoms. The van der Waals surface area contributed by atoms with Gasteiger partial charge in [-0.15, -0.1) is 0 Å². The van der Waals surface area contributed by atoms with Crippen molar-refractivity contribution in [1.82, 2.24) is 20.0 Å². The zero-order valence-electron chi connectivity index (χ0n) is 13.1. The van der Waals surface area contributed by atoms with Gasteiger partial charge in [-0.2, -0.15) is 5.10 Å². The number of ether oxygens (including phenoxy) is 1. The van der Waals surface area contributed by atoms with Crippen molar-refractivity contribution >= 4 is 5.91 Å². The number of carbonyl (C=O) groups is 1. The Morgan fingerprint density at radius 2 is 2.18 bits per heavy atom. The molecule has 0 saturated carbocycles. The Morgan fingerprint density at radius 3 is 2.95 bits per heavy atom. The number of hydrogen-bond acceptors (Lipinski definition) is 4. The van der Waals surface area contributed by atoms with Gasteiger partial charge in [0.15, 0.2) is 5.69 Å². The number of amides is 1. The second-order valence-corrected chi connectivity index (χ2v) is 5.64. The van der Waals surface area contributed by atoms with Crippen molar-refractivity contribution in [2.24, 2.45) is 7.05 Å². The molecule has 2 heterocycles. The van der Waals surface area contributed by atoms with Gasteiger partial charge in [-0.3, -0.25) is 9.48 Å². The van der Waals surface area contributed by atoms with E-state index in [1.165, 1.54) is 0 Å². The zero-order valence-corrected chi connectivity index (χ0v) is 13.1. The Morgan fingerprint density at radius 1 is 1.41 bits per heavy atom. The largest absolute Gasteiger partial charge is 0.488 e. The third kappa shape index (κ3) is 2.57. The molecule has 0 atom stereocenters. The van der Waals surface area contributed by atoms with Gasteiger partial charge in [0, 0.05) is 31.3 Å². The van der Waals surface area contributed by atoms with Gasteiger partial charge in [0.2, 0.25) is 0 Å². The zero-order chi connectivity index (χ0) is 15.7. The van der Waals surface area contributed by atoms with Gasteiger partial charge in [0.25, 0.3) is 5.91 Å². The number of aryl methyl sites for hydroxylation is 1. The molecular weight excluding hydrogens is 280 g/mol. The van der Waals surface area contributed by atoms with E-state index in [1.54, 1.807) is 4.68 Å². The Balaban J connectivity index is 1.89. The average Bonchev–Trinajstić information content (AvgIpc) is 2.84. The lowest BCUT2D eigenvalue weighted by atomic mass is 10.0. The van der Waals surface area contributed by atoms with Crippen LogP contribution in [0.4, 0.5) is 0 Å². The molecule has 1 aliphatic rings. The molecule has 0 aliphatic carbocycles. The fourth-order valence-corrected chi connectivity index (χ4v) is 2.64. The summed E-state index contributed by atoms with van der Waals surface area (Å²) in [4.78, 5) is 14.4. The molecule has 1 amide bonds. The second-order valence-electron chi connectivity index (χ2n) is 5.64. The van der Waals surface area contributed by atoms with Crippen molar-refractivity contribution in [2.45, 2.75) is 6.61 Å². The Bertz CT molecular complexity index is 706. The lowest BCUT2D eigenvalue weighted by Gasteiger charge is -2.18. The van der Waals surface area contributed by atoms with Crippen molar-refractivity contribution in [1.29, 1.82) is 0 Å². The maximum Gasteiger partial charge on any atom is 0.272 e. The van der Waals surface area contributed by atoms with Gasteiger partial charge in [0.1, 0.15) is 12.4 Å². The molecule has 1 N–H and O–H groups in total. The van der Waals surface area contributed by atoms with Crippen molar-refractivity contribution < 1.29 is 9.53 Å². The van der Waals surface area contributed by atoms with Gasteiger partial charge in [-0.1, -0.05) is 12.1 Å². The predicted octanol–water partition coefficient (Wildman–Crippen LogP) is 1.27. The van der Waals surface area contributed by atoms with E-state index in [0.29, 0.717) is 18.8 Å². The van der Waals surface area contributed by atoms with E-state index >= 15 is 0 Å². The molecular formula is C16H20N4O2. The molecule has 1 aromatic heterocycles. The topological polar surface area (TPSA) is 59.4 Å². The number of aromatic nitrogens is 2. The van der Waals surface area contributed by atoms with E-state index < -0.39 is 0 Å². The van der Waals surface area contributed by atoms with Crippen LogP contribution in [0.5, 0.6) is 5.75 Å². The molecule has 116 valence electrons. The summed E-state index contributed by atoms with van der Waals surface area (Å²) >= 11 is 0. The minimum Gasteiger partial charge on any atom is -0.488 e. The van der Waals surface area contributed by atoms with Crippen molar-refractivity contribution in [2.75, 3.05) is 27.2 Å². The molecule has 1 aromatic carbocycles. The summed E-state index contributed by atoms with van der Waals surface area (Å²) in [5.74, 6) is 0.680. The normalized spacial score (nSPS) is 12.5. The molecule has 1 aliphatic heterocycles. The van der Waals surface area contributed by atoms with Gasteiger partial charge < -0.3 is 15.0 Å². The summed E-state index contributed by atoms with van der Waals surface area (Å²) < 4.78 is 7.52. The van der Waals surface area contributed by atoms with Gasteiger partial charge in [-0.25, -0.2) is 0 Å². The van der Waals surface area contributed by atoms with Crippen LogP contribution in [-0.4, -0.2) is 47.8 Å². The van der Waals surface area contributed by atoms with Crippen LogP contribution in [-0.2, 0) is 13.7 Å². The van der Waals surface area contributed by atoms with Crippen molar-refractivity contribution in [3.05, 3.63) is 35.5 Å².